The van der Waals surface area contributed by atoms with Crippen molar-refractivity contribution in [1.82, 2.24) is 13.9 Å². The Morgan fingerprint density at radius 3 is 2.22 bits per heavy atom. The summed E-state index contributed by atoms with van der Waals surface area (Å²) < 4.78 is 28.4. The second-order valence-corrected chi connectivity index (χ2v) is 7.88. The molecule has 0 aromatic rings. The van der Waals surface area contributed by atoms with E-state index in [2.05, 4.69) is 5.32 Å². The van der Waals surface area contributed by atoms with Crippen molar-refractivity contribution >= 4 is 10.2 Å². The van der Waals surface area contributed by atoms with Gasteiger partial charge in [-0.1, -0.05) is 0 Å². The van der Waals surface area contributed by atoms with Crippen LogP contribution in [0.4, 0.5) is 0 Å². The Morgan fingerprint density at radius 1 is 0.889 bits per heavy atom. The molecule has 3 heterocycles. The summed E-state index contributed by atoms with van der Waals surface area (Å²) in [5, 5.41) is 3.37. The maximum atomic E-state index is 12.5. The van der Waals surface area contributed by atoms with E-state index in [1.807, 2.05) is 0 Å². The second kappa shape index (κ2) is 4.74. The summed E-state index contributed by atoms with van der Waals surface area (Å²) >= 11 is 0. The quantitative estimate of drug-likeness (QED) is 0.792. The maximum absolute atomic E-state index is 12.5. The molecule has 0 radical (unpaired) electrons. The topological polar surface area (TPSA) is 52.7 Å². The fourth-order valence-corrected chi connectivity index (χ4v) is 5.34. The Hall–Kier alpha value is -0.170. The van der Waals surface area contributed by atoms with E-state index in [1.165, 1.54) is 0 Å². The van der Waals surface area contributed by atoms with Crippen molar-refractivity contribution < 1.29 is 8.42 Å². The lowest BCUT2D eigenvalue weighted by Crippen LogP contribution is -2.44. The van der Waals surface area contributed by atoms with Gasteiger partial charge in [0.05, 0.1) is 0 Å². The normalized spacial score (nSPS) is 30.2. The highest BCUT2D eigenvalue weighted by Gasteiger charge is 2.44. The molecular weight excluding hydrogens is 250 g/mol. The standard InChI is InChI=1S/C12H23N3O2S/c16-18(17,14-8-1-2-9-14)15-10-5-12(11-15)3-6-13-7-4-12/h13H,1-11H2. The van der Waals surface area contributed by atoms with Crippen molar-refractivity contribution in [2.75, 3.05) is 39.3 Å². The van der Waals surface area contributed by atoms with Crippen LogP contribution in [0.1, 0.15) is 32.1 Å². The zero-order chi connectivity index (χ0) is 12.6. The molecule has 0 unspecified atom stereocenters. The molecule has 1 N–H and O–H groups in total. The molecule has 1 spiro atoms. The molecule has 0 atom stereocenters. The first-order valence-corrected chi connectivity index (χ1v) is 8.48. The van der Waals surface area contributed by atoms with Crippen molar-refractivity contribution in [3.05, 3.63) is 0 Å². The van der Waals surface area contributed by atoms with Crippen molar-refractivity contribution in [2.24, 2.45) is 5.41 Å². The van der Waals surface area contributed by atoms with E-state index >= 15 is 0 Å². The van der Waals surface area contributed by atoms with Gasteiger partial charge in [-0.05, 0) is 50.6 Å². The van der Waals surface area contributed by atoms with Gasteiger partial charge in [-0.3, -0.25) is 0 Å². The molecular formula is C12H23N3O2S. The van der Waals surface area contributed by atoms with Gasteiger partial charge >= 0.3 is 0 Å². The molecule has 3 fully saturated rings. The van der Waals surface area contributed by atoms with E-state index in [9.17, 15) is 8.42 Å². The van der Waals surface area contributed by atoms with E-state index in [4.69, 9.17) is 0 Å². The highest BCUT2D eigenvalue weighted by Crippen LogP contribution is 2.40. The van der Waals surface area contributed by atoms with Crippen LogP contribution in [0.25, 0.3) is 0 Å². The van der Waals surface area contributed by atoms with Gasteiger partial charge in [0.25, 0.3) is 10.2 Å². The zero-order valence-corrected chi connectivity index (χ0v) is 11.7. The molecule has 0 saturated carbocycles. The lowest BCUT2D eigenvalue weighted by atomic mass is 9.78. The third-order valence-corrected chi connectivity index (χ3v) is 6.77. The van der Waals surface area contributed by atoms with E-state index in [0.717, 1.165) is 58.3 Å². The minimum Gasteiger partial charge on any atom is -0.317 e. The first kappa shape index (κ1) is 12.8. The minimum atomic E-state index is -3.17. The van der Waals surface area contributed by atoms with Crippen molar-refractivity contribution in [3.63, 3.8) is 0 Å². The highest BCUT2D eigenvalue weighted by molar-refractivity contribution is 7.86. The first-order chi connectivity index (χ1) is 8.62. The molecule has 18 heavy (non-hydrogen) atoms. The molecule has 3 rings (SSSR count). The Balaban J connectivity index is 1.71. The van der Waals surface area contributed by atoms with Crippen LogP contribution >= 0.6 is 0 Å². The van der Waals surface area contributed by atoms with E-state index in [-0.39, 0.29) is 5.41 Å². The van der Waals surface area contributed by atoms with Gasteiger partial charge in [-0.25, -0.2) is 0 Å². The van der Waals surface area contributed by atoms with Crippen molar-refractivity contribution in [1.29, 1.82) is 0 Å². The largest absolute Gasteiger partial charge is 0.317 e. The Morgan fingerprint density at radius 2 is 1.56 bits per heavy atom. The maximum Gasteiger partial charge on any atom is 0.281 e. The third-order valence-electron chi connectivity index (χ3n) is 4.79. The molecule has 6 heteroatoms. The summed E-state index contributed by atoms with van der Waals surface area (Å²) in [5.74, 6) is 0. The summed E-state index contributed by atoms with van der Waals surface area (Å²) in [7, 11) is -3.17. The SMILES string of the molecule is O=S(=O)(N1CCCC1)N1CCC2(CCNCC2)C1. The van der Waals surface area contributed by atoms with Gasteiger partial charge in [-0.2, -0.15) is 17.0 Å². The number of rotatable bonds is 2. The van der Waals surface area contributed by atoms with Gasteiger partial charge in [0.2, 0.25) is 0 Å². The molecule has 3 aliphatic rings. The Labute approximate surface area is 110 Å². The van der Waals surface area contributed by atoms with Crippen LogP contribution in [-0.4, -0.2) is 56.3 Å². The van der Waals surface area contributed by atoms with Crippen LogP contribution < -0.4 is 5.32 Å². The smallest absolute Gasteiger partial charge is 0.281 e. The zero-order valence-electron chi connectivity index (χ0n) is 10.9. The van der Waals surface area contributed by atoms with Crippen LogP contribution in [0.15, 0.2) is 0 Å². The summed E-state index contributed by atoms with van der Waals surface area (Å²) in [4.78, 5) is 0. The highest BCUT2D eigenvalue weighted by atomic mass is 32.2. The second-order valence-electron chi connectivity index (χ2n) is 5.95. The van der Waals surface area contributed by atoms with Crippen molar-refractivity contribution in [2.45, 2.75) is 32.1 Å². The number of hydrogen-bond donors (Lipinski definition) is 1. The molecule has 0 aromatic heterocycles. The summed E-state index contributed by atoms with van der Waals surface area (Å²) in [6.45, 7) is 4.97. The molecule has 104 valence electrons. The molecule has 0 aliphatic carbocycles. The first-order valence-electron chi connectivity index (χ1n) is 7.08. The lowest BCUT2D eigenvalue weighted by Gasteiger charge is -2.34. The van der Waals surface area contributed by atoms with Crippen LogP contribution in [0.5, 0.6) is 0 Å². The number of piperidine rings is 1. The number of nitrogens with one attached hydrogen (secondary N) is 1. The van der Waals surface area contributed by atoms with Crippen molar-refractivity contribution in [3.8, 4) is 0 Å². The summed E-state index contributed by atoms with van der Waals surface area (Å²) in [5.41, 5.74) is 0.262. The molecule has 3 saturated heterocycles. The van der Waals surface area contributed by atoms with Crippen LogP contribution in [0, 0.1) is 5.41 Å². The Bertz CT molecular complexity index is 398. The molecule has 5 nitrogen and oxygen atoms in total. The molecule has 0 bridgehead atoms. The predicted octanol–water partition coefficient (Wildman–Crippen LogP) is 0.403. The average molecular weight is 273 g/mol. The average Bonchev–Trinajstić information content (AvgIpc) is 3.00. The molecule has 0 aromatic carbocycles. The molecule has 0 amide bonds. The fourth-order valence-electron chi connectivity index (χ4n) is 3.54. The van der Waals surface area contributed by atoms with Gasteiger partial charge in [0.1, 0.15) is 0 Å². The number of hydrogen-bond acceptors (Lipinski definition) is 3. The van der Waals surface area contributed by atoms with Gasteiger partial charge in [0.15, 0.2) is 0 Å². The monoisotopic (exact) mass is 273 g/mol. The minimum absolute atomic E-state index is 0.262. The van der Waals surface area contributed by atoms with Gasteiger partial charge in [-0.15, -0.1) is 0 Å². The predicted molar refractivity (Wildman–Crippen MR) is 70.5 cm³/mol. The summed E-state index contributed by atoms with van der Waals surface area (Å²) in [6.07, 6.45) is 5.32. The van der Waals surface area contributed by atoms with Gasteiger partial charge < -0.3 is 5.32 Å². The molecule has 3 aliphatic heterocycles. The third kappa shape index (κ3) is 2.19. The Kier molecular flexibility index (Phi) is 3.38. The van der Waals surface area contributed by atoms with Crippen LogP contribution in [0.2, 0.25) is 0 Å². The van der Waals surface area contributed by atoms with E-state index in [0.29, 0.717) is 13.1 Å². The van der Waals surface area contributed by atoms with E-state index in [1.54, 1.807) is 8.61 Å². The summed E-state index contributed by atoms with van der Waals surface area (Å²) in [6, 6.07) is 0. The number of nitrogens with zero attached hydrogens (tertiary/aromatic N) is 2. The van der Waals surface area contributed by atoms with Crippen LogP contribution in [0.3, 0.4) is 0 Å². The van der Waals surface area contributed by atoms with E-state index < -0.39 is 10.2 Å². The fraction of sp³-hybridized carbons (Fsp3) is 1.00. The van der Waals surface area contributed by atoms with Gasteiger partial charge in [0, 0.05) is 26.2 Å². The van der Waals surface area contributed by atoms with Crippen LogP contribution in [-0.2, 0) is 10.2 Å². The lowest BCUT2D eigenvalue weighted by molar-refractivity contribution is 0.216.